The van der Waals surface area contributed by atoms with Gasteiger partial charge >= 0.3 is 0 Å². The van der Waals surface area contributed by atoms with Gasteiger partial charge in [-0.05, 0) is 63.2 Å². The van der Waals surface area contributed by atoms with Crippen LogP contribution in [0.2, 0.25) is 0 Å². The van der Waals surface area contributed by atoms with Crippen LogP contribution in [0.15, 0.2) is 67.2 Å². The first-order valence-corrected chi connectivity index (χ1v) is 14.0. The van der Waals surface area contributed by atoms with E-state index in [0.29, 0.717) is 51.1 Å². The lowest BCUT2D eigenvalue weighted by atomic mass is 10.1. The Morgan fingerprint density at radius 2 is 1.89 bits per heavy atom. The van der Waals surface area contributed by atoms with Crippen molar-refractivity contribution in [2.24, 2.45) is 0 Å². The number of carbonyl (C=O) groups is 1. The molecule has 4 heterocycles. The van der Waals surface area contributed by atoms with E-state index in [1.807, 2.05) is 24.9 Å². The molecule has 2 N–H and O–H groups in total. The first-order chi connectivity index (χ1) is 21.3. The fourth-order valence-corrected chi connectivity index (χ4v) is 5.24. The van der Waals surface area contributed by atoms with Crippen LogP contribution in [-0.2, 0) is 4.79 Å². The van der Waals surface area contributed by atoms with E-state index in [0.717, 1.165) is 24.9 Å². The molecule has 1 amide bonds. The number of halogens is 1. The first-order valence-electron chi connectivity index (χ1n) is 14.0. The average molecular weight is 599 g/mol. The zero-order valence-corrected chi connectivity index (χ0v) is 24.7. The molecule has 0 unspecified atom stereocenters. The van der Waals surface area contributed by atoms with Crippen LogP contribution in [0.3, 0.4) is 0 Å². The van der Waals surface area contributed by atoms with Crippen molar-refractivity contribution in [3.05, 3.63) is 72.7 Å². The molecule has 0 radical (unpaired) electrons. The Bertz CT molecular complexity index is 1890. The zero-order valence-electron chi connectivity index (χ0n) is 24.7. The summed E-state index contributed by atoms with van der Waals surface area (Å²) in [5, 5.41) is 10.7. The number of hydrogen-bond acceptors (Lipinski definition) is 10. The second kappa shape index (κ2) is 12.1. The van der Waals surface area contributed by atoms with Crippen molar-refractivity contribution in [3.8, 4) is 23.0 Å². The largest absolute Gasteiger partial charge is 0.494 e. The lowest BCUT2D eigenvalue weighted by Crippen LogP contribution is -2.24. The third-order valence-corrected chi connectivity index (χ3v) is 7.56. The van der Waals surface area contributed by atoms with Crippen molar-refractivity contribution in [3.63, 3.8) is 0 Å². The number of methoxy groups -OCH3 is 2. The third kappa shape index (κ3) is 5.81. The number of likely N-dealkylation sites (N-methyl/N-ethyl adjacent to an activating group) is 1. The smallest absolute Gasteiger partial charge is 0.284 e. The quantitative estimate of drug-likeness (QED) is 0.212. The molecule has 0 spiro atoms. The van der Waals surface area contributed by atoms with Crippen LogP contribution in [0.4, 0.5) is 21.6 Å². The fraction of sp³-hybridized carbons (Fsp3) is 0.258. The Labute approximate surface area is 252 Å². The number of benzene rings is 2. The van der Waals surface area contributed by atoms with Crippen molar-refractivity contribution < 1.29 is 23.4 Å². The Balaban J connectivity index is 1.29. The zero-order chi connectivity index (χ0) is 30.8. The molecule has 12 nitrogen and oxygen atoms in total. The molecule has 226 valence electrons. The maximum Gasteiger partial charge on any atom is 0.284 e. The topological polar surface area (TPSA) is 128 Å². The molecule has 1 aliphatic heterocycles. The van der Waals surface area contributed by atoms with Gasteiger partial charge in [0.05, 0.1) is 31.1 Å². The molecule has 0 saturated carbocycles. The predicted octanol–water partition coefficient (Wildman–Crippen LogP) is 5.42. The van der Waals surface area contributed by atoms with Gasteiger partial charge in [0.1, 0.15) is 41.5 Å². The van der Waals surface area contributed by atoms with Gasteiger partial charge in [-0.25, -0.2) is 23.9 Å². The van der Waals surface area contributed by atoms with Crippen molar-refractivity contribution in [2.45, 2.75) is 25.8 Å². The second-order valence-corrected chi connectivity index (χ2v) is 10.4. The van der Waals surface area contributed by atoms with E-state index in [-0.39, 0.29) is 11.7 Å². The number of fused-ring (bicyclic) bond motifs is 2. The highest BCUT2D eigenvalue weighted by atomic mass is 19.1. The summed E-state index contributed by atoms with van der Waals surface area (Å²) in [5.41, 5.74) is 2.97. The number of amides is 1. The molecule has 5 aromatic rings. The van der Waals surface area contributed by atoms with Crippen LogP contribution in [0, 0.1) is 6.92 Å². The summed E-state index contributed by atoms with van der Waals surface area (Å²) >= 11 is 0. The number of aryl methyl sites for hydroxylation is 1. The van der Waals surface area contributed by atoms with Crippen LogP contribution in [0.25, 0.3) is 16.6 Å². The summed E-state index contributed by atoms with van der Waals surface area (Å²) < 4.78 is 33.8. The van der Waals surface area contributed by atoms with Crippen molar-refractivity contribution in [1.82, 2.24) is 29.5 Å². The van der Waals surface area contributed by atoms with Gasteiger partial charge < -0.3 is 24.8 Å². The summed E-state index contributed by atoms with van der Waals surface area (Å²) in [6.07, 6.45) is 7.79. The normalized spacial score (nSPS) is 15.5. The Morgan fingerprint density at radius 1 is 1.05 bits per heavy atom. The molecular formula is C31H31FN8O4. The van der Waals surface area contributed by atoms with E-state index in [1.54, 1.807) is 48.2 Å². The van der Waals surface area contributed by atoms with Crippen LogP contribution >= 0.6 is 0 Å². The van der Waals surface area contributed by atoms with Gasteiger partial charge in [-0.2, -0.15) is 5.10 Å². The van der Waals surface area contributed by atoms with Gasteiger partial charge in [-0.15, -0.1) is 0 Å². The Morgan fingerprint density at radius 3 is 2.66 bits per heavy atom. The van der Waals surface area contributed by atoms with Crippen LogP contribution in [0.5, 0.6) is 23.0 Å². The number of anilines is 3. The molecule has 1 saturated heterocycles. The van der Waals surface area contributed by atoms with Gasteiger partial charge in [0, 0.05) is 35.8 Å². The molecule has 44 heavy (non-hydrogen) atoms. The molecule has 1 atom stereocenters. The minimum absolute atomic E-state index is 0.115. The van der Waals surface area contributed by atoms with Crippen LogP contribution < -0.4 is 24.8 Å². The molecule has 3 aromatic heterocycles. The van der Waals surface area contributed by atoms with E-state index in [4.69, 9.17) is 14.2 Å². The molecule has 0 aliphatic carbocycles. The number of ether oxygens (including phenoxy) is 3. The van der Waals surface area contributed by atoms with Gasteiger partial charge in [0.15, 0.2) is 11.5 Å². The number of likely N-dealkylation sites (tertiary alicyclic amines) is 1. The Kier molecular flexibility index (Phi) is 7.94. The summed E-state index contributed by atoms with van der Waals surface area (Å²) in [5.74, 6) is 0.754. The van der Waals surface area contributed by atoms with Crippen molar-refractivity contribution in [1.29, 1.82) is 0 Å². The van der Waals surface area contributed by atoms with Gasteiger partial charge in [-0.1, -0.05) is 0 Å². The molecule has 1 aliphatic rings. The average Bonchev–Trinajstić information content (AvgIpc) is 3.66. The van der Waals surface area contributed by atoms with E-state index >= 15 is 0 Å². The van der Waals surface area contributed by atoms with E-state index in [2.05, 4.69) is 30.7 Å². The van der Waals surface area contributed by atoms with Crippen molar-refractivity contribution >= 4 is 39.6 Å². The SMILES string of the molecule is COc1cc2ncnc(Nc3c(C)cc(Oc4ccn5ncnc5c4)cc3OC)c2cc1NC(=O)/C(F)=C\[C@H]1CCCN1C. The molecular weight excluding hydrogens is 567 g/mol. The maximum absolute atomic E-state index is 14.9. The van der Waals surface area contributed by atoms with Crippen LogP contribution in [-0.4, -0.2) is 69.2 Å². The number of carbonyl (C=O) groups excluding carboxylic acids is 1. The van der Waals surface area contributed by atoms with Gasteiger partial charge in [-0.3, -0.25) is 9.69 Å². The summed E-state index contributed by atoms with van der Waals surface area (Å²) in [4.78, 5) is 27.9. The van der Waals surface area contributed by atoms with Gasteiger partial charge in [0.25, 0.3) is 5.91 Å². The van der Waals surface area contributed by atoms with E-state index < -0.39 is 11.7 Å². The van der Waals surface area contributed by atoms with Crippen LogP contribution in [0.1, 0.15) is 18.4 Å². The highest BCUT2D eigenvalue weighted by molar-refractivity contribution is 6.05. The standard InChI is InChI=1S/C31H31FN8O4/c1-18-10-21(44-20-7-9-40-28(13-20)34-17-36-40)12-27(43-4)29(18)38-30-22-14-25(26(42-3)15-24(22)33-16-35-30)37-31(41)23(32)11-19-6-5-8-39(19)2/h7,9-17,19H,5-6,8H2,1-4H3,(H,37,41)(H,33,35,38)/b23-11+/t19-/m1/s1. The maximum atomic E-state index is 14.9. The summed E-state index contributed by atoms with van der Waals surface area (Å²) in [6.45, 7) is 2.78. The highest BCUT2D eigenvalue weighted by Gasteiger charge is 2.22. The third-order valence-electron chi connectivity index (χ3n) is 7.56. The number of rotatable bonds is 9. The molecule has 2 aromatic carbocycles. The molecule has 6 rings (SSSR count). The monoisotopic (exact) mass is 598 g/mol. The number of nitrogens with zero attached hydrogens (tertiary/aromatic N) is 6. The highest BCUT2D eigenvalue weighted by Crippen LogP contribution is 2.39. The summed E-state index contributed by atoms with van der Waals surface area (Å²) in [7, 11) is 4.95. The minimum Gasteiger partial charge on any atom is -0.494 e. The van der Waals surface area contributed by atoms with Gasteiger partial charge in [0.2, 0.25) is 0 Å². The number of hydrogen-bond donors (Lipinski definition) is 2. The second-order valence-electron chi connectivity index (χ2n) is 10.4. The lowest BCUT2D eigenvalue weighted by molar-refractivity contribution is -0.114. The lowest BCUT2D eigenvalue weighted by Gasteiger charge is -2.18. The minimum atomic E-state index is -0.856. The molecule has 0 bridgehead atoms. The number of pyridine rings is 1. The van der Waals surface area contributed by atoms with E-state index in [1.165, 1.54) is 25.8 Å². The van der Waals surface area contributed by atoms with E-state index in [9.17, 15) is 9.18 Å². The fourth-order valence-electron chi connectivity index (χ4n) is 5.24. The summed E-state index contributed by atoms with van der Waals surface area (Å²) in [6, 6.07) is 10.4. The Hall–Kier alpha value is -5.30. The molecule has 13 heteroatoms. The first kappa shape index (κ1) is 28.8. The van der Waals surface area contributed by atoms with Crippen molar-refractivity contribution in [2.75, 3.05) is 38.4 Å². The number of aromatic nitrogens is 5. The predicted molar refractivity (Wildman–Crippen MR) is 164 cm³/mol. The molecule has 1 fully saturated rings. The number of nitrogens with one attached hydrogen (secondary N) is 2.